The summed E-state index contributed by atoms with van der Waals surface area (Å²) >= 11 is 0. The summed E-state index contributed by atoms with van der Waals surface area (Å²) in [5.41, 5.74) is 2.11. The van der Waals surface area contributed by atoms with Gasteiger partial charge in [-0.1, -0.05) is 12.1 Å². The van der Waals surface area contributed by atoms with Gasteiger partial charge in [-0.05, 0) is 36.8 Å². The van der Waals surface area contributed by atoms with Crippen molar-refractivity contribution < 1.29 is 9.31 Å². The molecule has 1 fully saturated rings. The third-order valence-electron chi connectivity index (χ3n) is 4.62. The summed E-state index contributed by atoms with van der Waals surface area (Å²) in [6.07, 6.45) is 0. The summed E-state index contributed by atoms with van der Waals surface area (Å²) in [6.45, 7) is 5.50. The topological polar surface area (TPSA) is 49.6 Å². The Morgan fingerprint density at radius 2 is 1.75 bits per heavy atom. The molecule has 1 saturated heterocycles. The molecular weight excluding hydrogens is 309 g/mol. The van der Waals surface area contributed by atoms with E-state index >= 15 is 0 Å². The van der Waals surface area contributed by atoms with E-state index in [0.29, 0.717) is 0 Å². The highest BCUT2D eigenvalue weighted by Gasteiger charge is 2.23. The van der Waals surface area contributed by atoms with E-state index in [-0.39, 0.29) is 22.5 Å². The summed E-state index contributed by atoms with van der Waals surface area (Å²) in [5, 5.41) is 10.9. The maximum Gasteiger partial charge on any atom is 0.269 e. The van der Waals surface area contributed by atoms with Crippen LogP contribution in [0.25, 0.3) is 0 Å². The molecule has 0 spiro atoms. The zero-order chi connectivity index (χ0) is 17.1. The van der Waals surface area contributed by atoms with Crippen LogP contribution in [0.3, 0.4) is 0 Å². The number of hydrogen-bond donors (Lipinski definition) is 0. The lowest BCUT2D eigenvalue weighted by Gasteiger charge is -2.39. The molecule has 1 aliphatic rings. The average molecular weight is 329 g/mol. The summed E-state index contributed by atoms with van der Waals surface area (Å²) in [7, 11) is 0. The first-order chi connectivity index (χ1) is 11.5. The number of piperazine rings is 1. The van der Waals surface area contributed by atoms with Crippen LogP contribution in [0.15, 0.2) is 48.5 Å². The molecule has 5 nitrogen and oxygen atoms in total. The summed E-state index contributed by atoms with van der Waals surface area (Å²) in [6, 6.07) is 13.5. The fourth-order valence-corrected chi connectivity index (χ4v) is 3.13. The quantitative estimate of drug-likeness (QED) is 0.635. The number of nitrogens with zero attached hydrogens (tertiary/aromatic N) is 3. The van der Waals surface area contributed by atoms with Crippen LogP contribution in [0.5, 0.6) is 0 Å². The van der Waals surface area contributed by atoms with Gasteiger partial charge in [-0.2, -0.15) is 0 Å². The zero-order valence-corrected chi connectivity index (χ0v) is 13.6. The van der Waals surface area contributed by atoms with Crippen molar-refractivity contribution in [1.82, 2.24) is 4.90 Å². The molecule has 0 saturated carbocycles. The first-order valence-electron chi connectivity index (χ1n) is 8.03. The Kier molecular flexibility index (Phi) is 4.76. The predicted molar refractivity (Wildman–Crippen MR) is 91.7 cm³/mol. The van der Waals surface area contributed by atoms with E-state index in [1.54, 1.807) is 24.3 Å². The summed E-state index contributed by atoms with van der Waals surface area (Å²) < 4.78 is 13.0. The van der Waals surface area contributed by atoms with Crippen LogP contribution in [0.1, 0.15) is 18.5 Å². The molecule has 0 unspecified atom stereocenters. The van der Waals surface area contributed by atoms with Gasteiger partial charge in [-0.25, -0.2) is 4.39 Å². The van der Waals surface area contributed by atoms with Gasteiger partial charge in [0.25, 0.3) is 5.69 Å². The third kappa shape index (κ3) is 3.54. The highest BCUT2D eigenvalue weighted by molar-refractivity contribution is 5.46. The Labute approximate surface area is 140 Å². The number of hydrogen-bond acceptors (Lipinski definition) is 4. The predicted octanol–water partition coefficient (Wildman–Crippen LogP) is 3.62. The lowest BCUT2D eigenvalue weighted by Crippen LogP contribution is -2.47. The van der Waals surface area contributed by atoms with Crippen LogP contribution in [0.4, 0.5) is 15.8 Å². The SMILES string of the molecule is C[C@H](c1cccc([N+](=O)[O-])c1)N1CCN(c2ccc(F)cc2)CC1. The maximum absolute atomic E-state index is 13.0. The van der Waals surface area contributed by atoms with Gasteiger partial charge in [-0.3, -0.25) is 15.0 Å². The van der Waals surface area contributed by atoms with Gasteiger partial charge >= 0.3 is 0 Å². The molecule has 1 aliphatic heterocycles. The average Bonchev–Trinajstić information content (AvgIpc) is 2.62. The zero-order valence-electron chi connectivity index (χ0n) is 13.6. The van der Waals surface area contributed by atoms with Gasteiger partial charge in [0, 0.05) is 50.0 Å². The highest BCUT2D eigenvalue weighted by atomic mass is 19.1. The van der Waals surface area contributed by atoms with Crippen molar-refractivity contribution in [3.8, 4) is 0 Å². The minimum Gasteiger partial charge on any atom is -0.369 e. The molecule has 1 heterocycles. The molecule has 0 bridgehead atoms. The normalized spacial score (nSPS) is 16.8. The van der Waals surface area contributed by atoms with Crippen molar-refractivity contribution in [2.45, 2.75) is 13.0 Å². The molecule has 0 radical (unpaired) electrons. The van der Waals surface area contributed by atoms with Crippen molar-refractivity contribution in [3.63, 3.8) is 0 Å². The summed E-state index contributed by atoms with van der Waals surface area (Å²) in [4.78, 5) is 15.1. The lowest BCUT2D eigenvalue weighted by atomic mass is 10.1. The highest BCUT2D eigenvalue weighted by Crippen LogP contribution is 2.26. The Hall–Kier alpha value is -2.47. The van der Waals surface area contributed by atoms with Crippen LogP contribution in [0, 0.1) is 15.9 Å². The van der Waals surface area contributed by atoms with Crippen molar-refractivity contribution in [2.24, 2.45) is 0 Å². The molecular formula is C18H20FN3O2. The van der Waals surface area contributed by atoms with E-state index in [1.165, 1.54) is 18.2 Å². The Morgan fingerprint density at radius 1 is 1.08 bits per heavy atom. The van der Waals surface area contributed by atoms with Gasteiger partial charge in [0.1, 0.15) is 5.82 Å². The second-order valence-corrected chi connectivity index (χ2v) is 6.03. The van der Waals surface area contributed by atoms with E-state index < -0.39 is 0 Å². The molecule has 2 aromatic carbocycles. The van der Waals surface area contributed by atoms with Crippen molar-refractivity contribution >= 4 is 11.4 Å². The number of halogens is 1. The monoisotopic (exact) mass is 329 g/mol. The van der Waals surface area contributed by atoms with E-state index in [4.69, 9.17) is 0 Å². The minimum absolute atomic E-state index is 0.125. The molecule has 3 rings (SSSR count). The molecule has 1 atom stereocenters. The number of anilines is 1. The molecule has 0 amide bonds. The molecule has 126 valence electrons. The Bertz CT molecular complexity index is 712. The fraction of sp³-hybridized carbons (Fsp3) is 0.333. The van der Waals surface area contributed by atoms with Gasteiger partial charge in [0.2, 0.25) is 0 Å². The molecule has 6 heteroatoms. The van der Waals surface area contributed by atoms with E-state index in [0.717, 1.165) is 37.4 Å². The number of rotatable bonds is 4. The van der Waals surface area contributed by atoms with Crippen molar-refractivity contribution in [1.29, 1.82) is 0 Å². The van der Waals surface area contributed by atoms with Gasteiger partial charge in [-0.15, -0.1) is 0 Å². The first kappa shape index (κ1) is 16.4. The Balaban J connectivity index is 1.64. The van der Waals surface area contributed by atoms with Crippen LogP contribution in [-0.4, -0.2) is 36.0 Å². The largest absolute Gasteiger partial charge is 0.369 e. The van der Waals surface area contributed by atoms with Gasteiger partial charge < -0.3 is 4.90 Å². The second-order valence-electron chi connectivity index (χ2n) is 6.03. The van der Waals surface area contributed by atoms with Gasteiger partial charge in [0.15, 0.2) is 0 Å². The van der Waals surface area contributed by atoms with Crippen LogP contribution >= 0.6 is 0 Å². The smallest absolute Gasteiger partial charge is 0.269 e. The number of nitro groups is 1. The summed E-state index contributed by atoms with van der Waals surface area (Å²) in [5.74, 6) is -0.225. The molecule has 0 aromatic heterocycles. The van der Waals surface area contributed by atoms with Crippen LogP contribution < -0.4 is 4.90 Å². The van der Waals surface area contributed by atoms with Crippen molar-refractivity contribution in [2.75, 3.05) is 31.1 Å². The number of nitro benzene ring substituents is 1. The Morgan fingerprint density at radius 3 is 2.38 bits per heavy atom. The second kappa shape index (κ2) is 6.97. The number of benzene rings is 2. The van der Waals surface area contributed by atoms with E-state index in [2.05, 4.69) is 16.7 Å². The van der Waals surface area contributed by atoms with Crippen molar-refractivity contribution in [3.05, 3.63) is 70.0 Å². The number of non-ortho nitro benzene ring substituents is 1. The van der Waals surface area contributed by atoms with Gasteiger partial charge in [0.05, 0.1) is 4.92 Å². The molecule has 2 aromatic rings. The first-order valence-corrected chi connectivity index (χ1v) is 8.03. The standard InChI is InChI=1S/C18H20FN3O2/c1-14(15-3-2-4-18(13-15)22(23)24)20-9-11-21(12-10-20)17-7-5-16(19)6-8-17/h2-8,13-14H,9-12H2,1H3/t14-/m1/s1. The molecule has 24 heavy (non-hydrogen) atoms. The maximum atomic E-state index is 13.0. The third-order valence-corrected chi connectivity index (χ3v) is 4.62. The lowest BCUT2D eigenvalue weighted by molar-refractivity contribution is -0.384. The fourth-order valence-electron chi connectivity index (χ4n) is 3.13. The minimum atomic E-state index is -0.358. The van der Waals surface area contributed by atoms with E-state index in [9.17, 15) is 14.5 Å². The molecule has 0 N–H and O–H groups in total. The van der Waals surface area contributed by atoms with Crippen LogP contribution in [-0.2, 0) is 0 Å². The van der Waals surface area contributed by atoms with Crippen LogP contribution in [0.2, 0.25) is 0 Å². The van der Waals surface area contributed by atoms with E-state index in [1.807, 2.05) is 6.07 Å². The molecule has 0 aliphatic carbocycles.